The SMILES string of the molecule is CN(C)CCCC1CCN(c2ccc(C(=O)N(C)CCO)c(Cl)n2)CC1. The van der Waals surface area contributed by atoms with Gasteiger partial charge in [0.2, 0.25) is 0 Å². The number of aromatic nitrogens is 1. The lowest BCUT2D eigenvalue weighted by Gasteiger charge is -2.33. The van der Waals surface area contributed by atoms with E-state index in [1.54, 1.807) is 13.1 Å². The highest BCUT2D eigenvalue weighted by Crippen LogP contribution is 2.27. The molecule has 7 heteroatoms. The number of pyridine rings is 1. The molecule has 146 valence electrons. The number of hydrogen-bond acceptors (Lipinski definition) is 5. The van der Waals surface area contributed by atoms with Crippen LogP contribution in [0.2, 0.25) is 5.15 Å². The van der Waals surface area contributed by atoms with Gasteiger partial charge in [0.15, 0.2) is 0 Å². The molecule has 1 saturated heterocycles. The Morgan fingerprint density at radius 2 is 1.96 bits per heavy atom. The minimum atomic E-state index is -0.220. The predicted octanol–water partition coefficient (Wildman–Crippen LogP) is 2.36. The summed E-state index contributed by atoms with van der Waals surface area (Å²) in [5.74, 6) is 1.40. The van der Waals surface area contributed by atoms with Crippen molar-refractivity contribution >= 4 is 23.3 Å². The number of halogens is 1. The highest BCUT2D eigenvalue weighted by molar-refractivity contribution is 6.32. The Kier molecular flexibility index (Phi) is 8.13. The molecule has 1 aromatic heterocycles. The third-order valence-electron chi connectivity index (χ3n) is 5.00. The van der Waals surface area contributed by atoms with E-state index in [2.05, 4.69) is 28.9 Å². The average molecular weight is 383 g/mol. The Morgan fingerprint density at radius 1 is 1.27 bits per heavy atom. The van der Waals surface area contributed by atoms with Gasteiger partial charge >= 0.3 is 0 Å². The fourth-order valence-corrected chi connectivity index (χ4v) is 3.59. The van der Waals surface area contributed by atoms with Crippen LogP contribution >= 0.6 is 11.6 Å². The summed E-state index contributed by atoms with van der Waals surface area (Å²) in [7, 11) is 5.88. The lowest BCUT2D eigenvalue weighted by Crippen LogP contribution is -2.34. The lowest BCUT2D eigenvalue weighted by molar-refractivity contribution is 0.0767. The van der Waals surface area contributed by atoms with E-state index in [1.165, 1.54) is 30.6 Å². The molecule has 0 aliphatic carbocycles. The fraction of sp³-hybridized carbons (Fsp3) is 0.684. The summed E-state index contributed by atoms with van der Waals surface area (Å²) in [6, 6.07) is 3.61. The van der Waals surface area contributed by atoms with Gasteiger partial charge in [0, 0.05) is 26.7 Å². The lowest BCUT2D eigenvalue weighted by atomic mass is 9.92. The molecule has 1 amide bonds. The third kappa shape index (κ3) is 5.83. The number of aliphatic hydroxyl groups excluding tert-OH is 1. The summed E-state index contributed by atoms with van der Waals surface area (Å²) in [4.78, 5) is 22.7. The first-order valence-electron chi connectivity index (χ1n) is 9.35. The molecule has 0 aromatic carbocycles. The number of anilines is 1. The van der Waals surface area contributed by atoms with Crippen molar-refractivity contribution in [3.8, 4) is 0 Å². The first kappa shape index (κ1) is 20.9. The molecule has 0 radical (unpaired) electrons. The van der Waals surface area contributed by atoms with E-state index in [0.717, 1.165) is 31.4 Å². The Labute approximate surface area is 161 Å². The Hall–Kier alpha value is -1.37. The highest BCUT2D eigenvalue weighted by atomic mass is 35.5. The van der Waals surface area contributed by atoms with Crippen LogP contribution in [0.3, 0.4) is 0 Å². The van der Waals surface area contributed by atoms with Gasteiger partial charge in [-0.2, -0.15) is 0 Å². The van der Waals surface area contributed by atoms with Gasteiger partial charge in [-0.15, -0.1) is 0 Å². The second-order valence-corrected chi connectivity index (χ2v) is 7.69. The molecule has 26 heavy (non-hydrogen) atoms. The second kappa shape index (κ2) is 10.1. The van der Waals surface area contributed by atoms with Crippen LogP contribution in [0, 0.1) is 5.92 Å². The van der Waals surface area contributed by atoms with E-state index in [4.69, 9.17) is 16.7 Å². The van der Waals surface area contributed by atoms with Gasteiger partial charge in [-0.1, -0.05) is 11.6 Å². The third-order valence-corrected chi connectivity index (χ3v) is 5.29. The molecular weight excluding hydrogens is 352 g/mol. The Bertz CT molecular complexity index is 589. The normalized spacial score (nSPS) is 15.5. The summed E-state index contributed by atoms with van der Waals surface area (Å²) in [6.07, 6.45) is 4.88. The van der Waals surface area contributed by atoms with Crippen molar-refractivity contribution in [2.24, 2.45) is 5.92 Å². The molecule has 0 spiro atoms. The van der Waals surface area contributed by atoms with Crippen molar-refractivity contribution in [2.75, 3.05) is 58.8 Å². The highest BCUT2D eigenvalue weighted by Gasteiger charge is 2.22. The molecule has 1 fully saturated rings. The maximum absolute atomic E-state index is 12.3. The number of nitrogens with zero attached hydrogens (tertiary/aromatic N) is 4. The molecule has 2 heterocycles. The topological polar surface area (TPSA) is 59.9 Å². The summed E-state index contributed by atoms with van der Waals surface area (Å²) >= 11 is 6.26. The number of likely N-dealkylation sites (N-methyl/N-ethyl adjacent to an activating group) is 1. The zero-order valence-corrected chi connectivity index (χ0v) is 16.9. The molecule has 1 aliphatic rings. The van der Waals surface area contributed by atoms with Crippen molar-refractivity contribution in [1.29, 1.82) is 0 Å². The van der Waals surface area contributed by atoms with E-state index in [-0.39, 0.29) is 24.2 Å². The van der Waals surface area contributed by atoms with Gasteiger partial charge in [0.25, 0.3) is 5.91 Å². The molecule has 6 nitrogen and oxygen atoms in total. The number of rotatable bonds is 8. The summed E-state index contributed by atoms with van der Waals surface area (Å²) in [5, 5.41) is 9.19. The first-order valence-corrected chi connectivity index (χ1v) is 9.72. The molecule has 1 aliphatic heterocycles. The number of carbonyl (C=O) groups is 1. The number of carbonyl (C=O) groups excluding carboxylic acids is 1. The summed E-state index contributed by atoms with van der Waals surface area (Å²) < 4.78 is 0. The summed E-state index contributed by atoms with van der Waals surface area (Å²) in [6.45, 7) is 3.31. The van der Waals surface area contributed by atoms with Crippen LogP contribution in [-0.2, 0) is 0 Å². The first-order chi connectivity index (χ1) is 12.4. The molecule has 2 rings (SSSR count). The number of piperidine rings is 1. The molecule has 0 bridgehead atoms. The van der Waals surface area contributed by atoms with Crippen LogP contribution < -0.4 is 4.90 Å². The van der Waals surface area contributed by atoms with Crippen molar-refractivity contribution in [1.82, 2.24) is 14.8 Å². The summed E-state index contributed by atoms with van der Waals surface area (Å²) in [5.41, 5.74) is 0.380. The molecule has 0 atom stereocenters. The van der Waals surface area contributed by atoms with E-state index in [1.807, 2.05) is 6.07 Å². The van der Waals surface area contributed by atoms with Crippen LogP contribution in [0.15, 0.2) is 12.1 Å². The molecule has 1 aromatic rings. The quantitative estimate of drug-likeness (QED) is 0.699. The maximum atomic E-state index is 12.3. The monoisotopic (exact) mass is 382 g/mol. The Morgan fingerprint density at radius 3 is 2.54 bits per heavy atom. The van der Waals surface area contributed by atoms with Crippen LogP contribution in [0.1, 0.15) is 36.0 Å². The number of aliphatic hydroxyl groups is 1. The van der Waals surface area contributed by atoms with Crippen LogP contribution in [0.5, 0.6) is 0 Å². The molecule has 1 N–H and O–H groups in total. The van der Waals surface area contributed by atoms with Gasteiger partial charge in [0.1, 0.15) is 11.0 Å². The zero-order chi connectivity index (χ0) is 19.1. The van der Waals surface area contributed by atoms with Crippen LogP contribution in [-0.4, -0.2) is 79.7 Å². The van der Waals surface area contributed by atoms with Gasteiger partial charge < -0.3 is 19.8 Å². The van der Waals surface area contributed by atoms with Crippen LogP contribution in [0.25, 0.3) is 0 Å². The number of hydrogen-bond donors (Lipinski definition) is 1. The maximum Gasteiger partial charge on any atom is 0.256 e. The van der Waals surface area contributed by atoms with Crippen molar-refractivity contribution in [3.05, 3.63) is 22.8 Å². The van der Waals surface area contributed by atoms with Crippen molar-refractivity contribution in [2.45, 2.75) is 25.7 Å². The minimum absolute atomic E-state index is 0.0745. The second-order valence-electron chi connectivity index (χ2n) is 7.33. The molecule has 0 unspecified atom stereocenters. The van der Waals surface area contributed by atoms with E-state index < -0.39 is 0 Å². The zero-order valence-electron chi connectivity index (χ0n) is 16.1. The van der Waals surface area contributed by atoms with Crippen molar-refractivity contribution < 1.29 is 9.90 Å². The molecule has 0 saturated carbocycles. The fourth-order valence-electron chi connectivity index (χ4n) is 3.36. The van der Waals surface area contributed by atoms with E-state index >= 15 is 0 Å². The standard InChI is InChI=1S/C19H31ClN4O2/c1-22(2)10-4-5-15-8-11-24(12-9-15)17-7-6-16(18(20)21-17)19(26)23(3)13-14-25/h6-7,15,25H,4-5,8-14H2,1-3H3. The van der Waals surface area contributed by atoms with E-state index in [0.29, 0.717) is 5.56 Å². The number of amides is 1. The van der Waals surface area contributed by atoms with E-state index in [9.17, 15) is 4.79 Å². The van der Waals surface area contributed by atoms with Crippen LogP contribution in [0.4, 0.5) is 5.82 Å². The average Bonchev–Trinajstić information content (AvgIpc) is 2.61. The van der Waals surface area contributed by atoms with Gasteiger partial charge in [-0.3, -0.25) is 4.79 Å². The van der Waals surface area contributed by atoms with Gasteiger partial charge in [-0.05, 0) is 64.4 Å². The smallest absolute Gasteiger partial charge is 0.256 e. The van der Waals surface area contributed by atoms with Crippen molar-refractivity contribution in [3.63, 3.8) is 0 Å². The van der Waals surface area contributed by atoms with Gasteiger partial charge in [-0.25, -0.2) is 4.98 Å². The predicted molar refractivity (Wildman–Crippen MR) is 106 cm³/mol. The minimum Gasteiger partial charge on any atom is -0.395 e. The largest absolute Gasteiger partial charge is 0.395 e. The molecular formula is C19H31ClN4O2. The Balaban J connectivity index is 1.91. The van der Waals surface area contributed by atoms with Gasteiger partial charge in [0.05, 0.1) is 12.2 Å².